The number of nitrogens with one attached hydrogen (secondary N) is 1. The Morgan fingerprint density at radius 3 is 2.77 bits per heavy atom. The summed E-state index contributed by atoms with van der Waals surface area (Å²) in [6, 6.07) is 2.55. The van der Waals surface area contributed by atoms with Gasteiger partial charge in [-0.3, -0.25) is 9.48 Å². The summed E-state index contributed by atoms with van der Waals surface area (Å²) in [4.78, 5) is 17.2. The Hall–Kier alpha value is -0.820. The summed E-state index contributed by atoms with van der Waals surface area (Å²) >= 11 is 0. The fraction of sp³-hybridized carbons (Fsp3) is 0.778. The van der Waals surface area contributed by atoms with Gasteiger partial charge in [-0.2, -0.15) is 5.10 Å². The maximum absolute atomic E-state index is 12.9. The van der Waals surface area contributed by atoms with Gasteiger partial charge in [0.05, 0.1) is 6.04 Å². The number of aromatic nitrogens is 2. The third-order valence-corrected chi connectivity index (χ3v) is 5.68. The lowest BCUT2D eigenvalue weighted by Gasteiger charge is -2.40. The molecular formula is C18H33Cl2N5O. The Kier molecular flexibility index (Phi) is 9.38. The Labute approximate surface area is 169 Å². The number of halogens is 2. The Balaban J connectivity index is 0.00000169. The van der Waals surface area contributed by atoms with Crippen molar-refractivity contribution < 1.29 is 4.79 Å². The molecule has 3 atom stereocenters. The SMILES string of the molecule is CCN1CCC(N(C)C(=O)c2ccn(C3CCCNC3)n2)C(C)C1.Cl.Cl. The minimum absolute atomic E-state index is 0. The lowest BCUT2D eigenvalue weighted by Crippen LogP contribution is -2.50. The fourth-order valence-electron chi connectivity index (χ4n) is 4.13. The first-order valence-electron chi connectivity index (χ1n) is 9.35. The van der Waals surface area contributed by atoms with E-state index >= 15 is 0 Å². The highest BCUT2D eigenvalue weighted by atomic mass is 35.5. The van der Waals surface area contributed by atoms with Crippen molar-refractivity contribution in [3.8, 4) is 0 Å². The number of carbonyl (C=O) groups is 1. The zero-order chi connectivity index (χ0) is 17.1. The number of nitrogens with zero attached hydrogens (tertiary/aromatic N) is 4. The second-order valence-corrected chi connectivity index (χ2v) is 7.32. The van der Waals surface area contributed by atoms with Crippen LogP contribution in [0, 0.1) is 5.92 Å². The van der Waals surface area contributed by atoms with Gasteiger partial charge in [0.1, 0.15) is 5.69 Å². The highest BCUT2D eigenvalue weighted by Crippen LogP contribution is 2.23. The number of piperidine rings is 2. The molecule has 2 aliphatic heterocycles. The summed E-state index contributed by atoms with van der Waals surface area (Å²) < 4.78 is 1.97. The van der Waals surface area contributed by atoms with E-state index in [1.54, 1.807) is 0 Å². The van der Waals surface area contributed by atoms with Crippen molar-refractivity contribution in [1.82, 2.24) is 24.9 Å². The summed E-state index contributed by atoms with van der Waals surface area (Å²) in [7, 11) is 1.94. The Morgan fingerprint density at radius 2 is 2.15 bits per heavy atom. The van der Waals surface area contributed by atoms with Crippen molar-refractivity contribution in [2.24, 2.45) is 5.92 Å². The number of amides is 1. The van der Waals surface area contributed by atoms with Crippen molar-refractivity contribution in [3.05, 3.63) is 18.0 Å². The van der Waals surface area contributed by atoms with Gasteiger partial charge in [-0.15, -0.1) is 24.8 Å². The average Bonchev–Trinajstić information content (AvgIpc) is 3.11. The molecule has 150 valence electrons. The van der Waals surface area contributed by atoms with Crippen LogP contribution in [-0.2, 0) is 0 Å². The van der Waals surface area contributed by atoms with Crippen LogP contribution >= 0.6 is 24.8 Å². The molecule has 1 N–H and O–H groups in total. The summed E-state index contributed by atoms with van der Waals surface area (Å²) in [5.74, 6) is 0.552. The van der Waals surface area contributed by atoms with Gasteiger partial charge >= 0.3 is 0 Å². The van der Waals surface area contributed by atoms with Crippen LogP contribution in [0.15, 0.2) is 12.3 Å². The summed E-state index contributed by atoms with van der Waals surface area (Å²) in [6.07, 6.45) is 5.30. The molecule has 2 fully saturated rings. The number of carbonyl (C=O) groups excluding carboxylic acids is 1. The van der Waals surface area contributed by atoms with Crippen molar-refractivity contribution in [2.75, 3.05) is 39.8 Å². The van der Waals surface area contributed by atoms with E-state index in [0.717, 1.165) is 45.6 Å². The van der Waals surface area contributed by atoms with Crippen LogP contribution in [0.25, 0.3) is 0 Å². The number of rotatable bonds is 4. The summed E-state index contributed by atoms with van der Waals surface area (Å²) in [5, 5.41) is 7.98. The van der Waals surface area contributed by atoms with Gasteiger partial charge in [0.2, 0.25) is 0 Å². The molecule has 0 spiro atoms. The highest BCUT2D eigenvalue weighted by molar-refractivity contribution is 5.92. The third-order valence-electron chi connectivity index (χ3n) is 5.68. The van der Waals surface area contributed by atoms with Gasteiger partial charge < -0.3 is 15.1 Å². The molecule has 2 aliphatic rings. The molecule has 1 amide bonds. The minimum atomic E-state index is 0. The zero-order valence-electron chi connectivity index (χ0n) is 16.1. The monoisotopic (exact) mass is 405 g/mol. The van der Waals surface area contributed by atoms with Gasteiger partial charge in [-0.05, 0) is 44.3 Å². The van der Waals surface area contributed by atoms with Crippen molar-refractivity contribution in [3.63, 3.8) is 0 Å². The molecule has 2 saturated heterocycles. The molecule has 0 radical (unpaired) electrons. The van der Waals surface area contributed by atoms with Gasteiger partial charge in [0, 0.05) is 38.9 Å². The van der Waals surface area contributed by atoms with Gasteiger partial charge in [0.25, 0.3) is 5.91 Å². The summed E-state index contributed by atoms with van der Waals surface area (Å²) in [5.41, 5.74) is 0.577. The molecule has 0 bridgehead atoms. The van der Waals surface area contributed by atoms with E-state index in [-0.39, 0.29) is 30.7 Å². The second kappa shape index (κ2) is 10.5. The van der Waals surface area contributed by atoms with Crippen LogP contribution in [0.4, 0.5) is 0 Å². The van der Waals surface area contributed by atoms with E-state index in [4.69, 9.17) is 0 Å². The molecule has 8 heteroatoms. The molecule has 6 nitrogen and oxygen atoms in total. The molecule has 3 unspecified atom stereocenters. The lowest BCUT2D eigenvalue weighted by molar-refractivity contribution is 0.0514. The predicted molar refractivity (Wildman–Crippen MR) is 110 cm³/mol. The third kappa shape index (κ3) is 5.12. The average molecular weight is 406 g/mol. The molecule has 0 aliphatic carbocycles. The topological polar surface area (TPSA) is 53.4 Å². The smallest absolute Gasteiger partial charge is 0.274 e. The van der Waals surface area contributed by atoms with E-state index in [9.17, 15) is 4.79 Å². The van der Waals surface area contributed by atoms with Gasteiger partial charge in [-0.1, -0.05) is 13.8 Å². The number of hydrogen-bond donors (Lipinski definition) is 1. The molecular weight excluding hydrogens is 373 g/mol. The number of likely N-dealkylation sites (tertiary alicyclic amines) is 1. The standard InChI is InChI=1S/C18H31N5O.2ClH/c1-4-22-10-8-17(14(2)13-22)21(3)18(24)16-7-11-23(20-16)15-6-5-9-19-12-15;;/h7,11,14-15,17,19H,4-6,8-10,12-13H2,1-3H3;2*1H. The second-order valence-electron chi connectivity index (χ2n) is 7.32. The molecule has 1 aromatic rings. The van der Waals surface area contributed by atoms with Crippen molar-refractivity contribution in [2.45, 2.75) is 45.2 Å². The normalized spacial score (nSPS) is 26.5. The molecule has 0 saturated carbocycles. The van der Waals surface area contributed by atoms with Crippen LogP contribution in [-0.4, -0.2) is 71.3 Å². The molecule has 0 aromatic carbocycles. The van der Waals surface area contributed by atoms with E-state index in [1.165, 1.54) is 6.42 Å². The largest absolute Gasteiger partial charge is 0.337 e. The molecule has 3 heterocycles. The quantitative estimate of drug-likeness (QED) is 0.835. The maximum atomic E-state index is 12.9. The zero-order valence-corrected chi connectivity index (χ0v) is 17.7. The molecule has 26 heavy (non-hydrogen) atoms. The first-order chi connectivity index (χ1) is 11.6. The number of hydrogen-bond acceptors (Lipinski definition) is 4. The minimum Gasteiger partial charge on any atom is -0.337 e. The van der Waals surface area contributed by atoms with Crippen LogP contribution in [0.1, 0.15) is 49.6 Å². The first kappa shape index (κ1) is 23.2. The van der Waals surface area contributed by atoms with E-state index in [2.05, 4.69) is 29.2 Å². The van der Waals surface area contributed by atoms with Gasteiger partial charge in [0.15, 0.2) is 0 Å². The predicted octanol–water partition coefficient (Wildman–Crippen LogP) is 2.45. The molecule has 1 aromatic heterocycles. The maximum Gasteiger partial charge on any atom is 0.274 e. The Bertz CT molecular complexity index is 562. The molecule has 3 rings (SSSR count). The van der Waals surface area contributed by atoms with E-state index in [1.807, 2.05) is 28.9 Å². The van der Waals surface area contributed by atoms with E-state index < -0.39 is 0 Å². The van der Waals surface area contributed by atoms with Crippen LogP contribution in [0.5, 0.6) is 0 Å². The summed E-state index contributed by atoms with van der Waals surface area (Å²) in [6.45, 7) is 9.72. The van der Waals surface area contributed by atoms with Crippen LogP contribution < -0.4 is 5.32 Å². The van der Waals surface area contributed by atoms with E-state index in [0.29, 0.717) is 23.7 Å². The van der Waals surface area contributed by atoms with Crippen molar-refractivity contribution >= 4 is 30.7 Å². The first-order valence-corrected chi connectivity index (χ1v) is 9.35. The fourth-order valence-corrected chi connectivity index (χ4v) is 4.13. The highest BCUT2D eigenvalue weighted by Gasteiger charge is 2.32. The Morgan fingerprint density at radius 1 is 1.38 bits per heavy atom. The van der Waals surface area contributed by atoms with Crippen molar-refractivity contribution in [1.29, 1.82) is 0 Å². The van der Waals surface area contributed by atoms with Crippen LogP contribution in [0.2, 0.25) is 0 Å². The lowest BCUT2D eigenvalue weighted by atomic mass is 9.92. The van der Waals surface area contributed by atoms with Gasteiger partial charge in [-0.25, -0.2) is 0 Å². The van der Waals surface area contributed by atoms with Crippen LogP contribution in [0.3, 0.4) is 0 Å².